The molecule has 30 heavy (non-hydrogen) atoms. The molecule has 0 bridgehead atoms. The van der Waals surface area contributed by atoms with Crippen molar-refractivity contribution in [2.75, 3.05) is 28.4 Å². The molecule has 1 N–H and O–H groups in total. The smallest absolute Gasteiger partial charge is 0.307 e. The molecule has 0 fully saturated rings. The maximum absolute atomic E-state index is 14.5. The number of hydrogen-bond acceptors (Lipinski definition) is 5. The van der Waals surface area contributed by atoms with Gasteiger partial charge in [0.2, 0.25) is 0 Å². The highest BCUT2D eigenvalue weighted by molar-refractivity contribution is 6.08. The summed E-state index contributed by atoms with van der Waals surface area (Å²) in [7, 11) is 5.86. The maximum Gasteiger partial charge on any atom is 0.307 e. The van der Waals surface area contributed by atoms with Gasteiger partial charge in [0.15, 0.2) is 28.8 Å². The van der Waals surface area contributed by atoms with Crippen molar-refractivity contribution in [3.63, 3.8) is 0 Å². The lowest BCUT2D eigenvalue weighted by Gasteiger charge is -2.13. The van der Waals surface area contributed by atoms with Crippen molar-refractivity contribution in [1.29, 1.82) is 0 Å². The lowest BCUT2D eigenvalue weighted by molar-refractivity contribution is -0.135. The third-order valence-corrected chi connectivity index (χ3v) is 5.09. The van der Waals surface area contributed by atoms with Crippen LogP contribution in [-0.4, -0.2) is 39.5 Å². The molecule has 6 nitrogen and oxygen atoms in total. The minimum atomic E-state index is -0.941. The second-order valence-electron chi connectivity index (χ2n) is 6.72. The zero-order valence-electron chi connectivity index (χ0n) is 17.5. The number of ether oxygens (including phenoxy) is 4. The van der Waals surface area contributed by atoms with Gasteiger partial charge in [-0.25, -0.2) is 4.39 Å². The number of halogens is 1. The number of methoxy groups -OCH3 is 4. The molecule has 0 heterocycles. The number of aliphatic carboxylic acids is 1. The second-order valence-corrected chi connectivity index (χ2v) is 6.72. The first-order valence-electron chi connectivity index (χ1n) is 9.16. The molecule has 2 aromatic rings. The molecule has 7 heteroatoms. The maximum atomic E-state index is 14.5. The lowest BCUT2D eigenvalue weighted by Crippen LogP contribution is -1.98. The minimum Gasteiger partial charge on any atom is -0.493 e. The molecule has 0 aliphatic heterocycles. The fourth-order valence-electron chi connectivity index (χ4n) is 3.67. The topological polar surface area (TPSA) is 74.2 Å². The predicted octanol–water partition coefficient (Wildman–Crippen LogP) is 4.66. The number of benzene rings is 2. The first kappa shape index (κ1) is 21.2. The molecule has 1 aliphatic carbocycles. The van der Waals surface area contributed by atoms with Gasteiger partial charge in [0.05, 0.1) is 34.9 Å². The van der Waals surface area contributed by atoms with Crippen LogP contribution in [0.1, 0.15) is 30.0 Å². The molecule has 0 saturated heterocycles. The van der Waals surface area contributed by atoms with Crippen molar-refractivity contribution in [3.8, 4) is 23.0 Å². The highest BCUT2D eigenvalue weighted by atomic mass is 19.1. The molecule has 1 aliphatic rings. The van der Waals surface area contributed by atoms with E-state index in [2.05, 4.69) is 0 Å². The van der Waals surface area contributed by atoms with Crippen molar-refractivity contribution in [2.45, 2.75) is 13.3 Å². The summed E-state index contributed by atoms with van der Waals surface area (Å²) in [4.78, 5) is 11.5. The number of rotatable bonds is 7. The van der Waals surface area contributed by atoms with Crippen LogP contribution in [0, 0.1) is 5.82 Å². The van der Waals surface area contributed by atoms with Gasteiger partial charge in [-0.1, -0.05) is 0 Å². The van der Waals surface area contributed by atoms with Gasteiger partial charge in [-0.15, -0.1) is 0 Å². The third-order valence-electron chi connectivity index (χ3n) is 5.09. The fourth-order valence-corrected chi connectivity index (χ4v) is 3.67. The first-order valence-corrected chi connectivity index (χ1v) is 9.16. The monoisotopic (exact) mass is 414 g/mol. The summed E-state index contributed by atoms with van der Waals surface area (Å²) in [5.41, 5.74) is 4.32. The number of allylic oxidation sites excluding steroid dienone is 2. The van der Waals surface area contributed by atoms with Crippen LogP contribution in [0.3, 0.4) is 0 Å². The van der Waals surface area contributed by atoms with E-state index in [4.69, 9.17) is 18.9 Å². The van der Waals surface area contributed by atoms with Crippen molar-refractivity contribution in [1.82, 2.24) is 0 Å². The Labute approximate surface area is 174 Å². The molecule has 0 amide bonds. The van der Waals surface area contributed by atoms with Crippen LogP contribution in [0.4, 0.5) is 4.39 Å². The summed E-state index contributed by atoms with van der Waals surface area (Å²) < 4.78 is 35.6. The molecule has 0 aromatic heterocycles. The van der Waals surface area contributed by atoms with Crippen LogP contribution < -0.4 is 18.9 Å². The molecule has 0 spiro atoms. The van der Waals surface area contributed by atoms with Crippen molar-refractivity contribution in [2.24, 2.45) is 0 Å². The van der Waals surface area contributed by atoms with E-state index in [0.29, 0.717) is 22.6 Å². The third kappa shape index (κ3) is 3.70. The van der Waals surface area contributed by atoms with Crippen LogP contribution in [0.2, 0.25) is 0 Å². The molecule has 0 atom stereocenters. The quantitative estimate of drug-likeness (QED) is 0.710. The second kappa shape index (κ2) is 8.49. The largest absolute Gasteiger partial charge is 0.493 e. The zero-order chi connectivity index (χ0) is 22.0. The Morgan fingerprint density at radius 3 is 2.07 bits per heavy atom. The minimum absolute atomic E-state index is 0.0247. The number of carboxylic acids is 1. The molecular weight excluding hydrogens is 391 g/mol. The van der Waals surface area contributed by atoms with E-state index >= 15 is 0 Å². The number of fused-ring (bicyclic) bond motifs is 1. The molecule has 3 rings (SSSR count). The van der Waals surface area contributed by atoms with Gasteiger partial charge in [-0.3, -0.25) is 4.79 Å². The highest BCUT2D eigenvalue weighted by Gasteiger charge is 2.27. The normalized spacial score (nSPS) is 14.0. The van der Waals surface area contributed by atoms with E-state index in [-0.39, 0.29) is 17.9 Å². The first-order chi connectivity index (χ1) is 14.3. The summed E-state index contributed by atoms with van der Waals surface area (Å²) in [6.45, 7) is 1.85. The van der Waals surface area contributed by atoms with E-state index < -0.39 is 11.8 Å². The van der Waals surface area contributed by atoms with Gasteiger partial charge >= 0.3 is 5.97 Å². The van der Waals surface area contributed by atoms with Crippen molar-refractivity contribution in [3.05, 3.63) is 52.3 Å². The summed E-state index contributed by atoms with van der Waals surface area (Å²) in [5, 5.41) is 9.39. The van der Waals surface area contributed by atoms with Crippen LogP contribution in [0.5, 0.6) is 23.0 Å². The number of carboxylic acid groups (broad SMARTS) is 1. The highest BCUT2D eigenvalue weighted by Crippen LogP contribution is 2.48. The summed E-state index contributed by atoms with van der Waals surface area (Å²) in [6.07, 6.45) is 1.64. The van der Waals surface area contributed by atoms with E-state index in [1.165, 1.54) is 34.5 Å². The Morgan fingerprint density at radius 2 is 1.53 bits per heavy atom. The summed E-state index contributed by atoms with van der Waals surface area (Å²) in [6, 6.07) is 6.58. The molecule has 158 valence electrons. The summed E-state index contributed by atoms with van der Waals surface area (Å²) >= 11 is 0. The van der Waals surface area contributed by atoms with Gasteiger partial charge < -0.3 is 24.1 Å². The van der Waals surface area contributed by atoms with Gasteiger partial charge in [0, 0.05) is 0 Å². The molecule has 0 unspecified atom stereocenters. The molecule has 0 saturated carbocycles. The van der Waals surface area contributed by atoms with Gasteiger partial charge in [-0.05, 0) is 70.7 Å². The zero-order valence-corrected chi connectivity index (χ0v) is 17.5. The van der Waals surface area contributed by atoms with E-state index in [1.54, 1.807) is 24.3 Å². The Bertz CT molecular complexity index is 1070. The van der Waals surface area contributed by atoms with Gasteiger partial charge in [0.25, 0.3) is 0 Å². The van der Waals surface area contributed by atoms with Crippen LogP contribution >= 0.6 is 0 Å². The molecule has 2 aromatic carbocycles. The SMILES string of the molecule is COc1cc2c(cc1OC)/C(=C\c1cc(F)c(OC)c(OC)c1)C(C)=C2CC(=O)O. The molecular formula is C23H23FO6. The number of carbonyl (C=O) groups is 1. The van der Waals surface area contributed by atoms with Crippen molar-refractivity contribution < 1.29 is 33.2 Å². The van der Waals surface area contributed by atoms with Crippen LogP contribution in [0.25, 0.3) is 17.2 Å². The standard InChI is InChI=1S/C23H23FO6/c1-12-14(6-13-7-18(24)23(30-5)21(8-13)29-4)16-9-19(27-2)20(28-3)10-17(16)15(12)11-22(25)26/h6-10H,11H2,1-5H3,(H,25,26)/b14-6-. The average molecular weight is 414 g/mol. The molecule has 0 radical (unpaired) electrons. The van der Waals surface area contributed by atoms with Crippen molar-refractivity contribution >= 4 is 23.2 Å². The Balaban J connectivity index is 2.24. The van der Waals surface area contributed by atoms with Crippen LogP contribution in [0.15, 0.2) is 29.8 Å². The average Bonchev–Trinajstić information content (AvgIpc) is 2.96. The summed E-state index contributed by atoms with van der Waals surface area (Å²) in [5.74, 6) is -0.181. The predicted molar refractivity (Wildman–Crippen MR) is 112 cm³/mol. The van der Waals surface area contributed by atoms with Crippen LogP contribution in [-0.2, 0) is 4.79 Å². The van der Waals surface area contributed by atoms with Gasteiger partial charge in [0.1, 0.15) is 0 Å². The Hall–Kier alpha value is -3.48. The Morgan fingerprint density at radius 1 is 0.933 bits per heavy atom. The Kier molecular flexibility index (Phi) is 6.01. The van der Waals surface area contributed by atoms with E-state index in [9.17, 15) is 14.3 Å². The van der Waals surface area contributed by atoms with Gasteiger partial charge in [-0.2, -0.15) is 0 Å². The van der Waals surface area contributed by atoms with E-state index in [1.807, 2.05) is 6.92 Å². The fraction of sp³-hybridized carbons (Fsp3) is 0.261. The number of hydrogen-bond donors (Lipinski definition) is 1. The lowest BCUT2D eigenvalue weighted by atomic mass is 9.99. The van der Waals surface area contributed by atoms with E-state index in [0.717, 1.165) is 22.3 Å².